The number of carbonyl (C=O) groups is 1. The molecule has 0 unspecified atom stereocenters. The molecule has 1 aromatic carbocycles. The molecule has 1 aromatic heterocycles. The van der Waals surface area contributed by atoms with Gasteiger partial charge in [-0.05, 0) is 30.4 Å². The highest BCUT2D eigenvalue weighted by Gasteiger charge is 2.22. The summed E-state index contributed by atoms with van der Waals surface area (Å²) in [5.41, 5.74) is 1.61. The number of fused-ring (bicyclic) bond motifs is 1. The Kier molecular flexibility index (Phi) is 3.11. The zero-order valence-corrected chi connectivity index (χ0v) is 10.7. The van der Waals surface area contributed by atoms with E-state index in [2.05, 4.69) is 6.07 Å². The highest BCUT2D eigenvalue weighted by atomic mass is 32.2. The first kappa shape index (κ1) is 11.4. The summed E-state index contributed by atoms with van der Waals surface area (Å²) in [4.78, 5) is 15.5. The molecule has 2 heterocycles. The average molecular weight is 259 g/mol. The van der Waals surface area contributed by atoms with E-state index in [-0.39, 0.29) is 5.91 Å². The number of anilines is 1. The molecule has 0 spiro atoms. The van der Waals surface area contributed by atoms with Crippen molar-refractivity contribution in [3.63, 3.8) is 0 Å². The zero-order valence-electron chi connectivity index (χ0n) is 9.83. The van der Waals surface area contributed by atoms with Crippen molar-refractivity contribution in [2.45, 2.75) is 11.3 Å². The van der Waals surface area contributed by atoms with Crippen LogP contribution in [0.25, 0.3) is 0 Å². The topological polar surface area (TPSA) is 33.5 Å². The second kappa shape index (κ2) is 4.90. The van der Waals surface area contributed by atoms with Gasteiger partial charge in [0.15, 0.2) is 0 Å². The first-order valence-electron chi connectivity index (χ1n) is 5.92. The second-order valence-corrected chi connectivity index (χ2v) is 5.28. The van der Waals surface area contributed by atoms with E-state index >= 15 is 0 Å². The van der Waals surface area contributed by atoms with E-state index in [1.807, 2.05) is 34.9 Å². The minimum atomic E-state index is 0.0127. The van der Waals surface area contributed by atoms with Crippen molar-refractivity contribution in [2.24, 2.45) is 0 Å². The van der Waals surface area contributed by atoms with Crippen LogP contribution in [0.2, 0.25) is 0 Å². The maximum absolute atomic E-state index is 12.4. The molecule has 1 aliphatic rings. The van der Waals surface area contributed by atoms with Gasteiger partial charge in [-0.15, -0.1) is 11.8 Å². The summed E-state index contributed by atoms with van der Waals surface area (Å²) >= 11 is 1.81. The number of thioether (sulfide) groups is 1. The summed E-state index contributed by atoms with van der Waals surface area (Å²) < 4.78 is 4.99. The van der Waals surface area contributed by atoms with Gasteiger partial charge < -0.3 is 9.32 Å². The summed E-state index contributed by atoms with van der Waals surface area (Å²) in [6.45, 7) is 0.758. The number of rotatable bonds is 1. The van der Waals surface area contributed by atoms with Gasteiger partial charge in [0.1, 0.15) is 6.26 Å². The van der Waals surface area contributed by atoms with Gasteiger partial charge in [-0.2, -0.15) is 0 Å². The monoisotopic (exact) mass is 259 g/mol. The quantitative estimate of drug-likeness (QED) is 0.786. The van der Waals surface area contributed by atoms with Crippen LogP contribution in [0.4, 0.5) is 5.69 Å². The number of furan rings is 1. The molecule has 0 fully saturated rings. The van der Waals surface area contributed by atoms with Crippen LogP contribution in [0.5, 0.6) is 0 Å². The van der Waals surface area contributed by atoms with Crippen LogP contribution in [-0.2, 0) is 0 Å². The smallest absolute Gasteiger partial charge is 0.261 e. The Bertz CT molecular complexity index is 551. The van der Waals surface area contributed by atoms with Gasteiger partial charge in [0.25, 0.3) is 5.91 Å². The Hall–Kier alpha value is -1.68. The van der Waals surface area contributed by atoms with Crippen molar-refractivity contribution in [2.75, 3.05) is 17.2 Å². The van der Waals surface area contributed by atoms with E-state index in [0.717, 1.165) is 24.4 Å². The van der Waals surface area contributed by atoms with Crippen molar-refractivity contribution >= 4 is 23.4 Å². The number of benzene rings is 1. The Balaban J connectivity index is 1.99. The third-order valence-corrected chi connectivity index (χ3v) is 4.10. The number of para-hydroxylation sites is 1. The summed E-state index contributed by atoms with van der Waals surface area (Å²) in [7, 11) is 0. The van der Waals surface area contributed by atoms with Crippen LogP contribution in [0, 0.1) is 0 Å². The average Bonchev–Trinajstić information content (AvgIpc) is 2.85. The molecule has 4 heteroatoms. The minimum Gasteiger partial charge on any atom is -0.472 e. The van der Waals surface area contributed by atoms with Crippen molar-refractivity contribution in [3.8, 4) is 0 Å². The third kappa shape index (κ3) is 2.04. The van der Waals surface area contributed by atoms with Gasteiger partial charge in [0.05, 0.1) is 17.5 Å². The first-order chi connectivity index (χ1) is 8.86. The van der Waals surface area contributed by atoms with Crippen LogP contribution in [0.15, 0.2) is 52.2 Å². The fourth-order valence-corrected chi connectivity index (χ4v) is 3.07. The third-order valence-electron chi connectivity index (χ3n) is 2.95. The molecule has 92 valence electrons. The van der Waals surface area contributed by atoms with Gasteiger partial charge in [0.2, 0.25) is 0 Å². The Morgan fingerprint density at radius 1 is 1.28 bits per heavy atom. The van der Waals surface area contributed by atoms with E-state index in [1.54, 1.807) is 6.07 Å². The maximum Gasteiger partial charge on any atom is 0.261 e. The van der Waals surface area contributed by atoms with E-state index in [9.17, 15) is 4.79 Å². The molecule has 0 radical (unpaired) electrons. The molecule has 3 nitrogen and oxygen atoms in total. The molecular formula is C14H13NO2S. The molecule has 0 atom stereocenters. The lowest BCUT2D eigenvalue weighted by Gasteiger charge is -2.21. The zero-order chi connectivity index (χ0) is 12.4. The molecule has 1 aliphatic heterocycles. The first-order valence-corrected chi connectivity index (χ1v) is 6.91. The van der Waals surface area contributed by atoms with Crippen LogP contribution < -0.4 is 4.90 Å². The molecule has 18 heavy (non-hydrogen) atoms. The molecule has 0 aliphatic carbocycles. The number of hydrogen-bond donors (Lipinski definition) is 0. The Labute approximate surface area is 110 Å². The van der Waals surface area contributed by atoms with Gasteiger partial charge in [-0.3, -0.25) is 4.79 Å². The van der Waals surface area contributed by atoms with Crippen molar-refractivity contribution < 1.29 is 9.21 Å². The fraction of sp³-hybridized carbons (Fsp3) is 0.214. The largest absolute Gasteiger partial charge is 0.472 e. The summed E-state index contributed by atoms with van der Waals surface area (Å²) in [6, 6.07) is 9.77. The highest BCUT2D eigenvalue weighted by Crippen LogP contribution is 2.34. The lowest BCUT2D eigenvalue weighted by molar-refractivity contribution is 0.0986. The number of carbonyl (C=O) groups excluding carboxylic acids is 1. The van der Waals surface area contributed by atoms with E-state index in [1.165, 1.54) is 17.4 Å². The number of nitrogens with zero attached hydrogens (tertiary/aromatic N) is 1. The molecular weight excluding hydrogens is 246 g/mol. The predicted octanol–water partition coefficient (Wildman–Crippen LogP) is 3.42. The molecule has 2 aromatic rings. The summed E-state index contributed by atoms with van der Waals surface area (Å²) in [5, 5.41) is 0. The van der Waals surface area contributed by atoms with Gasteiger partial charge in [0, 0.05) is 11.4 Å². The van der Waals surface area contributed by atoms with E-state index in [0.29, 0.717) is 5.56 Å². The molecule has 0 N–H and O–H groups in total. The van der Waals surface area contributed by atoms with Crippen LogP contribution >= 0.6 is 11.8 Å². The van der Waals surface area contributed by atoms with Crippen LogP contribution in [-0.4, -0.2) is 18.2 Å². The van der Waals surface area contributed by atoms with Gasteiger partial charge in [-0.25, -0.2) is 0 Å². The number of amides is 1. The fourth-order valence-electron chi connectivity index (χ4n) is 2.08. The summed E-state index contributed by atoms with van der Waals surface area (Å²) in [6.07, 6.45) is 4.04. The molecule has 0 saturated carbocycles. The lowest BCUT2D eigenvalue weighted by atomic mass is 10.2. The molecule has 3 rings (SSSR count). The Morgan fingerprint density at radius 3 is 3.00 bits per heavy atom. The molecule has 0 saturated heterocycles. The second-order valence-electron chi connectivity index (χ2n) is 4.14. The van der Waals surface area contributed by atoms with E-state index < -0.39 is 0 Å². The predicted molar refractivity (Wildman–Crippen MR) is 72.2 cm³/mol. The van der Waals surface area contributed by atoms with Crippen molar-refractivity contribution in [1.29, 1.82) is 0 Å². The van der Waals surface area contributed by atoms with Crippen molar-refractivity contribution in [3.05, 3.63) is 48.4 Å². The van der Waals surface area contributed by atoms with Crippen LogP contribution in [0.3, 0.4) is 0 Å². The van der Waals surface area contributed by atoms with Gasteiger partial charge >= 0.3 is 0 Å². The minimum absolute atomic E-state index is 0.0127. The normalized spacial score (nSPS) is 15.0. The van der Waals surface area contributed by atoms with Crippen molar-refractivity contribution in [1.82, 2.24) is 0 Å². The Morgan fingerprint density at radius 2 is 2.17 bits per heavy atom. The standard InChI is InChI=1S/C14H13NO2S/c16-14(11-6-8-17-10-11)15-7-3-9-18-13-5-2-1-4-12(13)15/h1-2,4-6,8,10H,3,7,9H2. The van der Waals surface area contributed by atoms with Crippen LogP contribution in [0.1, 0.15) is 16.8 Å². The SMILES string of the molecule is O=C(c1ccoc1)N1CCCSc2ccccc21. The number of hydrogen-bond acceptors (Lipinski definition) is 3. The summed E-state index contributed by atoms with van der Waals surface area (Å²) in [5.74, 6) is 1.06. The maximum atomic E-state index is 12.4. The van der Waals surface area contributed by atoms with E-state index in [4.69, 9.17) is 4.42 Å². The molecule has 1 amide bonds. The highest BCUT2D eigenvalue weighted by molar-refractivity contribution is 7.99. The molecule has 0 bridgehead atoms. The van der Waals surface area contributed by atoms with Gasteiger partial charge in [-0.1, -0.05) is 12.1 Å². The lowest BCUT2D eigenvalue weighted by Crippen LogP contribution is -2.31.